The summed E-state index contributed by atoms with van der Waals surface area (Å²) in [5, 5.41) is 0. The molecule has 0 aromatic rings. The molecule has 0 aromatic heterocycles. The highest BCUT2D eigenvalue weighted by atomic mass is 16.5. The first kappa shape index (κ1) is 16.2. The maximum Gasteiger partial charge on any atom is 0.119 e. The van der Waals surface area contributed by atoms with Crippen LogP contribution in [0, 0.1) is 29.6 Å². The number of hydrogen-bond acceptors (Lipinski definition) is 1. The minimum atomic E-state index is 0.394. The van der Waals surface area contributed by atoms with Gasteiger partial charge in [-0.15, -0.1) is 0 Å². The van der Waals surface area contributed by atoms with E-state index < -0.39 is 0 Å². The van der Waals surface area contributed by atoms with E-state index in [2.05, 4.69) is 73.8 Å². The molecule has 0 bridgehead atoms. The molecule has 6 unspecified atom stereocenters. The van der Waals surface area contributed by atoms with Gasteiger partial charge in [0, 0.05) is 11.8 Å². The van der Waals surface area contributed by atoms with E-state index in [0.29, 0.717) is 35.7 Å². The van der Waals surface area contributed by atoms with E-state index in [1.54, 1.807) is 11.1 Å². The van der Waals surface area contributed by atoms with E-state index in [0.717, 1.165) is 12.8 Å². The molecule has 5 rings (SSSR count). The minimum absolute atomic E-state index is 0.394. The van der Waals surface area contributed by atoms with Gasteiger partial charge in [-0.05, 0) is 55.1 Å². The van der Waals surface area contributed by atoms with E-state index in [9.17, 15) is 0 Å². The SMILES string of the molecule is CC1C=CC=CC1C1=CC=CC(C2C=CC3=C(C2)C2C=CCCC2O3)C1. The second kappa shape index (κ2) is 6.61. The number of hydrogen-bond donors (Lipinski definition) is 0. The molecule has 0 radical (unpaired) electrons. The fourth-order valence-electron chi connectivity index (χ4n) is 5.34. The Labute approximate surface area is 157 Å². The minimum Gasteiger partial charge on any atom is -0.490 e. The number of allylic oxidation sites excluding steroid dienone is 11. The van der Waals surface area contributed by atoms with Crippen molar-refractivity contribution in [3.05, 3.63) is 83.7 Å². The lowest BCUT2D eigenvalue weighted by molar-refractivity contribution is 0.121. The monoisotopic (exact) mass is 344 g/mol. The Morgan fingerprint density at radius 1 is 0.885 bits per heavy atom. The van der Waals surface area contributed by atoms with Gasteiger partial charge in [0.1, 0.15) is 11.9 Å². The molecule has 0 spiro atoms. The Balaban J connectivity index is 1.31. The van der Waals surface area contributed by atoms with Crippen LogP contribution in [-0.2, 0) is 4.74 Å². The zero-order chi connectivity index (χ0) is 17.5. The molecule has 1 aliphatic heterocycles. The standard InChI is InChI=1S/C25H28O/c1-17-7-2-3-10-21(17)20-9-6-8-18(15-20)19-13-14-25-23(16-19)22-11-4-5-12-24(22)26-25/h2-4,6-11,13-14,17-19,21-22,24H,5,12,15-16H2,1H3. The van der Waals surface area contributed by atoms with Crippen molar-refractivity contribution in [2.45, 2.75) is 38.7 Å². The summed E-state index contributed by atoms with van der Waals surface area (Å²) in [7, 11) is 0. The first-order valence-electron chi connectivity index (χ1n) is 10.3. The highest BCUT2D eigenvalue weighted by Crippen LogP contribution is 2.46. The molecule has 0 saturated carbocycles. The molecular formula is C25H28O. The third kappa shape index (κ3) is 2.78. The van der Waals surface area contributed by atoms with Crippen LogP contribution in [0.2, 0.25) is 0 Å². The molecule has 26 heavy (non-hydrogen) atoms. The van der Waals surface area contributed by atoms with E-state index in [1.165, 1.54) is 18.6 Å². The Bertz CT molecular complexity index is 785. The van der Waals surface area contributed by atoms with Crippen molar-refractivity contribution < 1.29 is 4.74 Å². The second-order valence-corrected chi connectivity index (χ2v) is 8.45. The van der Waals surface area contributed by atoms with Crippen LogP contribution in [0.5, 0.6) is 0 Å². The predicted molar refractivity (Wildman–Crippen MR) is 107 cm³/mol. The van der Waals surface area contributed by atoms with Gasteiger partial charge < -0.3 is 4.74 Å². The van der Waals surface area contributed by atoms with Crippen LogP contribution in [-0.4, -0.2) is 6.10 Å². The zero-order valence-corrected chi connectivity index (χ0v) is 15.6. The van der Waals surface area contributed by atoms with Crippen molar-refractivity contribution in [2.75, 3.05) is 0 Å². The van der Waals surface area contributed by atoms with Gasteiger partial charge in [0.05, 0.1) is 0 Å². The van der Waals surface area contributed by atoms with Crippen molar-refractivity contribution in [2.24, 2.45) is 29.6 Å². The Hall–Kier alpha value is -2.02. The number of rotatable bonds is 2. The van der Waals surface area contributed by atoms with Crippen LogP contribution < -0.4 is 0 Å². The van der Waals surface area contributed by atoms with Gasteiger partial charge >= 0.3 is 0 Å². The average molecular weight is 344 g/mol. The maximum atomic E-state index is 6.23. The van der Waals surface area contributed by atoms with Crippen molar-refractivity contribution >= 4 is 0 Å². The van der Waals surface area contributed by atoms with Gasteiger partial charge in [0.15, 0.2) is 0 Å². The van der Waals surface area contributed by atoms with Crippen molar-refractivity contribution in [1.82, 2.24) is 0 Å². The van der Waals surface area contributed by atoms with E-state index in [1.807, 2.05) is 0 Å². The van der Waals surface area contributed by atoms with Crippen LogP contribution >= 0.6 is 0 Å². The first-order valence-corrected chi connectivity index (χ1v) is 10.3. The predicted octanol–water partition coefficient (Wildman–Crippen LogP) is 6.06. The summed E-state index contributed by atoms with van der Waals surface area (Å²) in [6.45, 7) is 2.34. The van der Waals surface area contributed by atoms with E-state index >= 15 is 0 Å². The molecule has 134 valence electrons. The highest BCUT2D eigenvalue weighted by Gasteiger charge is 2.38. The molecule has 4 aliphatic carbocycles. The summed E-state index contributed by atoms with van der Waals surface area (Å²) >= 11 is 0. The smallest absolute Gasteiger partial charge is 0.119 e. The summed E-state index contributed by atoms with van der Waals surface area (Å²) in [4.78, 5) is 0. The molecule has 0 N–H and O–H groups in total. The molecule has 1 heteroatoms. The van der Waals surface area contributed by atoms with Gasteiger partial charge in [-0.25, -0.2) is 0 Å². The number of ether oxygens (including phenoxy) is 1. The summed E-state index contributed by atoms with van der Waals surface area (Å²) in [5.74, 6) is 4.08. The van der Waals surface area contributed by atoms with Crippen LogP contribution in [0.3, 0.4) is 0 Å². The van der Waals surface area contributed by atoms with Gasteiger partial charge in [0.25, 0.3) is 0 Å². The Morgan fingerprint density at radius 3 is 2.69 bits per heavy atom. The second-order valence-electron chi connectivity index (χ2n) is 8.45. The lowest BCUT2D eigenvalue weighted by atomic mass is 9.72. The Morgan fingerprint density at radius 2 is 1.77 bits per heavy atom. The van der Waals surface area contributed by atoms with Gasteiger partial charge in [-0.2, -0.15) is 0 Å². The van der Waals surface area contributed by atoms with Crippen LogP contribution in [0.1, 0.15) is 32.6 Å². The van der Waals surface area contributed by atoms with Crippen molar-refractivity contribution in [3.63, 3.8) is 0 Å². The van der Waals surface area contributed by atoms with Crippen LogP contribution in [0.25, 0.3) is 0 Å². The summed E-state index contributed by atoms with van der Waals surface area (Å²) in [6, 6.07) is 0. The topological polar surface area (TPSA) is 9.23 Å². The largest absolute Gasteiger partial charge is 0.490 e. The Kier molecular flexibility index (Phi) is 4.11. The molecular weight excluding hydrogens is 316 g/mol. The average Bonchev–Trinajstić information content (AvgIpc) is 3.06. The quantitative estimate of drug-likeness (QED) is 0.553. The van der Waals surface area contributed by atoms with E-state index in [-0.39, 0.29) is 0 Å². The summed E-state index contributed by atoms with van der Waals surface area (Å²) in [5.41, 5.74) is 3.15. The lowest BCUT2D eigenvalue weighted by Crippen LogP contribution is -2.23. The van der Waals surface area contributed by atoms with E-state index in [4.69, 9.17) is 4.74 Å². The third-order valence-electron chi connectivity index (χ3n) is 6.84. The fraction of sp³-hybridized carbons (Fsp3) is 0.440. The fourth-order valence-corrected chi connectivity index (χ4v) is 5.34. The molecule has 1 nitrogen and oxygen atoms in total. The van der Waals surface area contributed by atoms with Crippen molar-refractivity contribution in [1.29, 1.82) is 0 Å². The van der Waals surface area contributed by atoms with Gasteiger partial charge in [0.2, 0.25) is 0 Å². The normalized spacial score (nSPS) is 40.3. The molecule has 0 saturated heterocycles. The summed E-state index contributed by atoms with van der Waals surface area (Å²) in [6.07, 6.45) is 30.7. The van der Waals surface area contributed by atoms with Crippen LogP contribution in [0.15, 0.2) is 83.7 Å². The molecule has 0 aromatic carbocycles. The first-order chi connectivity index (χ1) is 12.8. The molecule has 5 aliphatic rings. The lowest BCUT2D eigenvalue weighted by Gasteiger charge is -2.32. The van der Waals surface area contributed by atoms with Crippen LogP contribution in [0.4, 0.5) is 0 Å². The molecule has 0 fully saturated rings. The van der Waals surface area contributed by atoms with Gasteiger partial charge in [-0.1, -0.05) is 73.3 Å². The number of fused-ring (bicyclic) bond motifs is 2. The molecule has 1 heterocycles. The van der Waals surface area contributed by atoms with Crippen molar-refractivity contribution in [3.8, 4) is 0 Å². The summed E-state index contributed by atoms with van der Waals surface area (Å²) < 4.78 is 6.23. The molecule has 0 amide bonds. The third-order valence-corrected chi connectivity index (χ3v) is 6.84. The maximum absolute atomic E-state index is 6.23. The highest BCUT2D eigenvalue weighted by molar-refractivity contribution is 5.38. The molecule has 6 atom stereocenters. The van der Waals surface area contributed by atoms with Gasteiger partial charge in [-0.3, -0.25) is 0 Å². The zero-order valence-electron chi connectivity index (χ0n) is 15.6.